The van der Waals surface area contributed by atoms with Crippen LogP contribution in [-0.4, -0.2) is 36.1 Å². The molecule has 7 heteroatoms. The van der Waals surface area contributed by atoms with Crippen LogP contribution in [0.1, 0.15) is 12.8 Å². The van der Waals surface area contributed by atoms with Crippen LogP contribution in [-0.2, 0) is 0 Å². The highest BCUT2D eigenvalue weighted by molar-refractivity contribution is 5.24. The lowest BCUT2D eigenvalue weighted by molar-refractivity contribution is 0.103. The molecule has 0 radical (unpaired) electrons. The number of hydrogen-bond acceptors (Lipinski definition) is 3. The van der Waals surface area contributed by atoms with Crippen LogP contribution in [0.25, 0.3) is 0 Å². The van der Waals surface area contributed by atoms with E-state index in [4.69, 9.17) is 4.74 Å². The summed E-state index contributed by atoms with van der Waals surface area (Å²) >= 11 is 0. The van der Waals surface area contributed by atoms with E-state index in [0.717, 1.165) is 0 Å². The van der Waals surface area contributed by atoms with Crippen molar-refractivity contribution in [1.29, 1.82) is 0 Å². The lowest BCUT2D eigenvalue weighted by Gasteiger charge is -2.29. The molecule has 0 spiro atoms. The van der Waals surface area contributed by atoms with Gasteiger partial charge in [-0.05, 0) is 19.9 Å². The highest BCUT2D eigenvalue weighted by Crippen LogP contribution is 2.27. The van der Waals surface area contributed by atoms with Crippen LogP contribution in [0.4, 0.5) is 17.6 Å². The summed E-state index contributed by atoms with van der Waals surface area (Å²) in [5.41, 5.74) is 0. The number of halogens is 4. The van der Waals surface area contributed by atoms with E-state index in [-0.39, 0.29) is 0 Å². The molecule has 0 saturated carbocycles. The van der Waals surface area contributed by atoms with E-state index in [1.54, 1.807) is 0 Å². The zero-order valence-electron chi connectivity index (χ0n) is 9.72. The Labute approximate surface area is 101 Å². The minimum atomic E-state index is -1.70. The Morgan fingerprint density at radius 2 is 1.56 bits per heavy atom. The molecule has 1 aromatic heterocycles. The van der Waals surface area contributed by atoms with Gasteiger partial charge in [-0.2, -0.15) is 22.5 Å². The van der Waals surface area contributed by atoms with Crippen molar-refractivity contribution in [2.75, 3.05) is 20.1 Å². The second-order valence-corrected chi connectivity index (χ2v) is 4.27. The Balaban J connectivity index is 2.18. The lowest BCUT2D eigenvalue weighted by Crippen LogP contribution is -2.36. The predicted octanol–water partition coefficient (Wildman–Crippen LogP) is 2.11. The number of rotatable bonds is 2. The van der Waals surface area contributed by atoms with Gasteiger partial charge in [0.2, 0.25) is 17.4 Å². The maximum absolute atomic E-state index is 13.3. The average molecular weight is 264 g/mol. The SMILES string of the molecule is CN1CCC(Oc2c(F)c(F)nc(F)c2F)CC1. The largest absolute Gasteiger partial charge is 0.484 e. The highest BCUT2D eigenvalue weighted by atomic mass is 19.2. The molecular formula is C11H12F4N2O. The van der Waals surface area contributed by atoms with Crippen LogP contribution in [0.5, 0.6) is 5.75 Å². The van der Waals surface area contributed by atoms with Gasteiger partial charge in [0.1, 0.15) is 6.10 Å². The van der Waals surface area contributed by atoms with Crippen LogP contribution in [0, 0.1) is 23.5 Å². The maximum atomic E-state index is 13.3. The first-order chi connectivity index (χ1) is 8.49. The number of aromatic nitrogens is 1. The molecule has 1 aliphatic heterocycles. The molecule has 1 aliphatic rings. The summed E-state index contributed by atoms with van der Waals surface area (Å²) in [7, 11) is 1.91. The molecule has 0 N–H and O–H groups in total. The molecule has 0 aromatic carbocycles. The fourth-order valence-corrected chi connectivity index (χ4v) is 1.84. The van der Waals surface area contributed by atoms with Gasteiger partial charge in [-0.3, -0.25) is 0 Å². The zero-order valence-corrected chi connectivity index (χ0v) is 9.72. The van der Waals surface area contributed by atoms with Crippen molar-refractivity contribution in [3.05, 3.63) is 23.5 Å². The van der Waals surface area contributed by atoms with E-state index in [1.165, 1.54) is 0 Å². The minimum absolute atomic E-state index is 0.452. The smallest absolute Gasteiger partial charge is 0.255 e. The normalized spacial score (nSPS) is 18.1. The second-order valence-electron chi connectivity index (χ2n) is 4.27. The molecule has 1 saturated heterocycles. The molecule has 1 fully saturated rings. The van der Waals surface area contributed by atoms with Gasteiger partial charge in [-0.15, -0.1) is 0 Å². The summed E-state index contributed by atoms with van der Waals surface area (Å²) in [6, 6.07) is 0. The maximum Gasteiger partial charge on any atom is 0.255 e. The molecule has 18 heavy (non-hydrogen) atoms. The van der Waals surface area contributed by atoms with Crippen LogP contribution in [0.3, 0.4) is 0 Å². The summed E-state index contributed by atoms with van der Waals surface area (Å²) < 4.78 is 57.3. The Bertz CT molecular complexity index is 421. The van der Waals surface area contributed by atoms with Crippen molar-refractivity contribution in [2.45, 2.75) is 18.9 Å². The van der Waals surface area contributed by atoms with Gasteiger partial charge in [0.15, 0.2) is 0 Å². The van der Waals surface area contributed by atoms with Crippen molar-refractivity contribution in [3.8, 4) is 5.75 Å². The summed E-state index contributed by atoms with van der Waals surface area (Å²) in [6.45, 7) is 1.40. The van der Waals surface area contributed by atoms with Crippen molar-refractivity contribution < 1.29 is 22.3 Å². The van der Waals surface area contributed by atoms with E-state index < -0.39 is 35.4 Å². The molecule has 0 atom stereocenters. The monoisotopic (exact) mass is 264 g/mol. The van der Waals surface area contributed by atoms with E-state index >= 15 is 0 Å². The second kappa shape index (κ2) is 5.09. The van der Waals surface area contributed by atoms with E-state index in [0.29, 0.717) is 25.9 Å². The summed E-state index contributed by atoms with van der Waals surface area (Å²) in [6.07, 6.45) is 0.633. The first-order valence-electron chi connectivity index (χ1n) is 5.54. The van der Waals surface area contributed by atoms with Crippen molar-refractivity contribution in [3.63, 3.8) is 0 Å². The molecule has 0 unspecified atom stereocenters. The first kappa shape index (κ1) is 13.1. The molecule has 0 aliphatic carbocycles. The third kappa shape index (κ3) is 2.55. The standard InChI is InChI=1S/C11H12F4N2O/c1-17-4-2-6(3-5-17)18-9-7(12)10(14)16-11(15)8(9)13/h6H,2-5H2,1H3. The third-order valence-electron chi connectivity index (χ3n) is 2.91. The topological polar surface area (TPSA) is 25.4 Å². The van der Waals surface area contributed by atoms with Gasteiger partial charge in [-0.1, -0.05) is 0 Å². The Kier molecular flexibility index (Phi) is 3.70. The Hall–Kier alpha value is -1.37. The number of piperidine rings is 1. The highest BCUT2D eigenvalue weighted by Gasteiger charge is 2.26. The Morgan fingerprint density at radius 3 is 2.06 bits per heavy atom. The molecule has 0 bridgehead atoms. The number of nitrogens with zero attached hydrogens (tertiary/aromatic N) is 2. The van der Waals surface area contributed by atoms with Crippen LogP contribution >= 0.6 is 0 Å². The predicted molar refractivity (Wildman–Crippen MR) is 55.2 cm³/mol. The van der Waals surface area contributed by atoms with Gasteiger partial charge in [0.05, 0.1) is 0 Å². The zero-order chi connectivity index (χ0) is 13.3. The number of likely N-dealkylation sites (tertiary alicyclic amines) is 1. The molecule has 100 valence electrons. The number of pyridine rings is 1. The Morgan fingerprint density at radius 1 is 1.06 bits per heavy atom. The molecule has 3 nitrogen and oxygen atoms in total. The van der Waals surface area contributed by atoms with Gasteiger partial charge < -0.3 is 9.64 Å². The summed E-state index contributed by atoms with van der Waals surface area (Å²) in [4.78, 5) is 4.49. The van der Waals surface area contributed by atoms with Gasteiger partial charge in [-0.25, -0.2) is 0 Å². The van der Waals surface area contributed by atoms with Crippen LogP contribution in [0.2, 0.25) is 0 Å². The van der Waals surface area contributed by atoms with Gasteiger partial charge in [0, 0.05) is 13.1 Å². The van der Waals surface area contributed by atoms with Crippen molar-refractivity contribution in [2.24, 2.45) is 0 Å². The van der Waals surface area contributed by atoms with Crippen molar-refractivity contribution in [1.82, 2.24) is 9.88 Å². The fraction of sp³-hybridized carbons (Fsp3) is 0.545. The first-order valence-corrected chi connectivity index (χ1v) is 5.54. The van der Waals surface area contributed by atoms with E-state index in [9.17, 15) is 17.6 Å². The van der Waals surface area contributed by atoms with Gasteiger partial charge >= 0.3 is 0 Å². The fourth-order valence-electron chi connectivity index (χ4n) is 1.84. The van der Waals surface area contributed by atoms with Crippen LogP contribution in [0.15, 0.2) is 0 Å². The quantitative estimate of drug-likeness (QED) is 0.604. The van der Waals surface area contributed by atoms with E-state index in [2.05, 4.69) is 4.98 Å². The number of hydrogen-bond donors (Lipinski definition) is 0. The minimum Gasteiger partial charge on any atom is -0.484 e. The number of ether oxygens (including phenoxy) is 1. The van der Waals surface area contributed by atoms with E-state index in [1.807, 2.05) is 11.9 Å². The third-order valence-corrected chi connectivity index (χ3v) is 2.91. The molecule has 0 amide bonds. The summed E-state index contributed by atoms with van der Waals surface area (Å²) in [5.74, 6) is -7.59. The average Bonchev–Trinajstić information content (AvgIpc) is 2.34. The van der Waals surface area contributed by atoms with Crippen LogP contribution < -0.4 is 4.74 Å². The van der Waals surface area contributed by atoms with Crippen molar-refractivity contribution >= 4 is 0 Å². The molecule has 1 aromatic rings. The lowest BCUT2D eigenvalue weighted by atomic mass is 10.1. The summed E-state index contributed by atoms with van der Waals surface area (Å²) in [5, 5.41) is 0. The molecular weight excluding hydrogens is 252 g/mol. The molecule has 2 rings (SSSR count). The van der Waals surface area contributed by atoms with Gasteiger partial charge in [0.25, 0.3) is 11.9 Å². The molecule has 2 heterocycles.